The molecule has 0 atom stereocenters. The van der Waals surface area contributed by atoms with Crippen molar-refractivity contribution in [3.8, 4) is 0 Å². The van der Waals surface area contributed by atoms with Gasteiger partial charge in [-0.3, -0.25) is 0 Å². The van der Waals surface area contributed by atoms with Crippen molar-refractivity contribution in [2.75, 3.05) is 75.9 Å². The van der Waals surface area contributed by atoms with E-state index in [1.54, 1.807) is 0 Å². The van der Waals surface area contributed by atoms with Crippen LogP contribution in [0.2, 0.25) is 0 Å². The molecule has 0 radical (unpaired) electrons. The highest BCUT2D eigenvalue weighted by Crippen LogP contribution is 2.21. The third kappa shape index (κ3) is 15.9. The van der Waals surface area contributed by atoms with Crippen molar-refractivity contribution in [2.24, 2.45) is 5.41 Å². The van der Waals surface area contributed by atoms with Crippen LogP contribution in [0.3, 0.4) is 0 Å². The molecule has 0 bridgehead atoms. The van der Waals surface area contributed by atoms with Crippen LogP contribution in [-0.4, -0.2) is 75.9 Å². The van der Waals surface area contributed by atoms with E-state index >= 15 is 0 Å². The topological polar surface area (TPSA) is 36.9 Å². The Morgan fingerprint density at radius 3 is 0.880 bits per heavy atom. The SMILES string of the molecule is SCCCOCC(COCCCS)(COCCCS)COCCCS. The van der Waals surface area contributed by atoms with Gasteiger partial charge in [0.05, 0.1) is 31.8 Å². The second-order valence-electron chi connectivity index (χ2n) is 6.02. The molecule has 0 aliphatic heterocycles. The number of ether oxygens (including phenoxy) is 4. The third-order valence-electron chi connectivity index (χ3n) is 3.42. The molecule has 0 heterocycles. The van der Waals surface area contributed by atoms with Gasteiger partial charge in [-0.2, -0.15) is 50.5 Å². The van der Waals surface area contributed by atoms with Gasteiger partial charge in [0.2, 0.25) is 0 Å². The summed E-state index contributed by atoms with van der Waals surface area (Å²) in [5.74, 6) is 3.29. The lowest BCUT2D eigenvalue weighted by atomic mass is 9.92. The quantitative estimate of drug-likeness (QED) is 0.176. The Bertz CT molecular complexity index is 220. The molecule has 25 heavy (non-hydrogen) atoms. The van der Waals surface area contributed by atoms with Gasteiger partial charge in [0.15, 0.2) is 0 Å². The van der Waals surface area contributed by atoms with E-state index in [4.69, 9.17) is 18.9 Å². The van der Waals surface area contributed by atoms with Gasteiger partial charge in [-0.25, -0.2) is 0 Å². The van der Waals surface area contributed by atoms with Gasteiger partial charge in [-0.05, 0) is 48.7 Å². The smallest absolute Gasteiger partial charge is 0.0637 e. The number of thiol groups is 4. The molecule has 4 nitrogen and oxygen atoms in total. The summed E-state index contributed by atoms with van der Waals surface area (Å²) >= 11 is 16.9. The molecular formula is C17H36O4S4. The Labute approximate surface area is 176 Å². The molecular weight excluding hydrogens is 396 g/mol. The Balaban J connectivity index is 4.62. The highest BCUT2D eigenvalue weighted by Gasteiger charge is 2.32. The molecule has 0 N–H and O–H groups in total. The molecule has 0 spiro atoms. The zero-order chi connectivity index (χ0) is 18.6. The normalized spacial score (nSPS) is 12.0. The summed E-state index contributed by atoms with van der Waals surface area (Å²) in [6, 6.07) is 0. The molecule has 0 aromatic heterocycles. The lowest BCUT2D eigenvalue weighted by molar-refractivity contribution is -0.106. The second-order valence-corrected chi connectivity index (χ2v) is 7.81. The average Bonchev–Trinajstić information content (AvgIpc) is 2.63. The first-order chi connectivity index (χ1) is 12.2. The van der Waals surface area contributed by atoms with Crippen LogP contribution in [0.25, 0.3) is 0 Å². The molecule has 0 rings (SSSR count). The molecule has 0 saturated heterocycles. The van der Waals surface area contributed by atoms with E-state index in [1.165, 1.54) is 0 Å². The minimum atomic E-state index is -0.291. The molecule has 0 unspecified atom stereocenters. The zero-order valence-electron chi connectivity index (χ0n) is 15.2. The van der Waals surface area contributed by atoms with Crippen LogP contribution in [0.1, 0.15) is 25.7 Å². The van der Waals surface area contributed by atoms with Gasteiger partial charge < -0.3 is 18.9 Å². The average molecular weight is 433 g/mol. The summed E-state index contributed by atoms with van der Waals surface area (Å²) in [6.07, 6.45) is 3.73. The van der Waals surface area contributed by atoms with Crippen LogP contribution in [0, 0.1) is 5.41 Å². The molecule has 0 fully saturated rings. The molecule has 0 aliphatic carbocycles. The fourth-order valence-electron chi connectivity index (χ4n) is 2.07. The van der Waals surface area contributed by atoms with Gasteiger partial charge in [0, 0.05) is 26.4 Å². The lowest BCUT2D eigenvalue weighted by Gasteiger charge is -2.33. The van der Waals surface area contributed by atoms with Crippen molar-refractivity contribution in [2.45, 2.75) is 25.7 Å². The Morgan fingerprint density at radius 2 is 0.680 bits per heavy atom. The molecule has 0 aromatic carbocycles. The zero-order valence-corrected chi connectivity index (χ0v) is 18.8. The minimum Gasteiger partial charge on any atom is -0.381 e. The van der Waals surface area contributed by atoms with Crippen LogP contribution in [-0.2, 0) is 18.9 Å². The van der Waals surface area contributed by atoms with Gasteiger partial charge in [0.25, 0.3) is 0 Å². The monoisotopic (exact) mass is 432 g/mol. The van der Waals surface area contributed by atoms with Crippen molar-refractivity contribution in [3.63, 3.8) is 0 Å². The van der Waals surface area contributed by atoms with Crippen molar-refractivity contribution in [3.05, 3.63) is 0 Å². The van der Waals surface area contributed by atoms with E-state index < -0.39 is 0 Å². The maximum absolute atomic E-state index is 5.88. The summed E-state index contributed by atoms with van der Waals surface area (Å²) in [5.41, 5.74) is -0.291. The Morgan fingerprint density at radius 1 is 0.440 bits per heavy atom. The summed E-state index contributed by atoms with van der Waals surface area (Å²) in [7, 11) is 0. The van der Waals surface area contributed by atoms with Crippen molar-refractivity contribution < 1.29 is 18.9 Å². The van der Waals surface area contributed by atoms with Gasteiger partial charge in [-0.1, -0.05) is 0 Å². The molecule has 0 saturated carbocycles. The van der Waals surface area contributed by atoms with Gasteiger partial charge in [0.1, 0.15) is 0 Å². The maximum Gasteiger partial charge on any atom is 0.0637 e. The highest BCUT2D eigenvalue weighted by molar-refractivity contribution is 7.80. The second kappa shape index (κ2) is 20.0. The number of hydrogen-bond donors (Lipinski definition) is 4. The summed E-state index contributed by atoms with van der Waals surface area (Å²) in [6.45, 7) is 4.99. The Hall–Kier alpha value is 1.24. The van der Waals surface area contributed by atoms with Crippen LogP contribution in [0.15, 0.2) is 0 Å². The molecule has 0 aliphatic rings. The fourth-order valence-corrected chi connectivity index (χ4v) is 2.59. The van der Waals surface area contributed by atoms with E-state index in [-0.39, 0.29) is 5.41 Å². The first kappa shape index (κ1) is 26.2. The minimum absolute atomic E-state index is 0.291. The number of hydrogen-bond acceptors (Lipinski definition) is 8. The first-order valence-corrected chi connectivity index (χ1v) is 11.5. The van der Waals surface area contributed by atoms with Crippen LogP contribution < -0.4 is 0 Å². The number of rotatable bonds is 20. The summed E-state index contributed by atoms with van der Waals surface area (Å²) < 4.78 is 23.5. The lowest BCUT2D eigenvalue weighted by Crippen LogP contribution is -2.42. The predicted molar refractivity (Wildman–Crippen MR) is 120 cm³/mol. The van der Waals surface area contributed by atoms with Crippen molar-refractivity contribution >= 4 is 50.5 Å². The van der Waals surface area contributed by atoms with E-state index in [9.17, 15) is 0 Å². The molecule has 0 aromatic rings. The molecule has 8 heteroatoms. The third-order valence-corrected chi connectivity index (χ3v) is 4.69. The standard InChI is InChI=1S/C17H36O4S4/c22-9-1-5-18-13-17(14-19-6-2-10-23,15-20-7-3-11-24)16-21-8-4-12-25/h22-25H,1-16H2. The molecule has 152 valence electrons. The van der Waals surface area contributed by atoms with E-state index in [0.717, 1.165) is 48.7 Å². The molecule has 0 amide bonds. The summed E-state index contributed by atoms with van der Waals surface area (Å²) in [4.78, 5) is 0. The van der Waals surface area contributed by atoms with Gasteiger partial charge in [-0.15, -0.1) is 0 Å². The van der Waals surface area contributed by atoms with Crippen LogP contribution >= 0.6 is 50.5 Å². The van der Waals surface area contributed by atoms with Crippen molar-refractivity contribution in [1.82, 2.24) is 0 Å². The van der Waals surface area contributed by atoms with E-state index in [2.05, 4.69) is 50.5 Å². The van der Waals surface area contributed by atoms with Crippen LogP contribution in [0.4, 0.5) is 0 Å². The van der Waals surface area contributed by atoms with Gasteiger partial charge >= 0.3 is 0 Å². The summed E-state index contributed by atoms with van der Waals surface area (Å²) in [5, 5.41) is 0. The predicted octanol–water partition coefficient (Wildman–Crippen LogP) is 3.32. The van der Waals surface area contributed by atoms with Crippen LogP contribution in [0.5, 0.6) is 0 Å². The Kier molecular flexibility index (Phi) is 21.0. The maximum atomic E-state index is 5.88. The highest BCUT2D eigenvalue weighted by atomic mass is 32.1. The first-order valence-electron chi connectivity index (χ1n) is 8.99. The fraction of sp³-hybridized carbons (Fsp3) is 1.00. The van der Waals surface area contributed by atoms with E-state index in [0.29, 0.717) is 52.9 Å². The van der Waals surface area contributed by atoms with Crippen molar-refractivity contribution in [1.29, 1.82) is 0 Å². The largest absolute Gasteiger partial charge is 0.381 e. The van der Waals surface area contributed by atoms with E-state index in [1.807, 2.05) is 0 Å².